The van der Waals surface area contributed by atoms with Gasteiger partial charge in [-0.25, -0.2) is 4.79 Å². The number of hydrogen-bond donors (Lipinski definition) is 4. The molecule has 94 valence electrons. The Hall–Kier alpha value is -1.56. The highest BCUT2D eigenvalue weighted by Gasteiger charge is 2.23. The Morgan fingerprint density at radius 3 is 2.82 bits per heavy atom. The lowest BCUT2D eigenvalue weighted by molar-refractivity contribution is 0.0814. The molecule has 4 N–H and O–H groups in total. The van der Waals surface area contributed by atoms with E-state index in [4.69, 9.17) is 0 Å². The van der Waals surface area contributed by atoms with Crippen LogP contribution >= 0.6 is 0 Å². The zero-order chi connectivity index (χ0) is 12.3. The molecular weight excluding hydrogens is 222 g/mol. The molecule has 1 aliphatic rings. The van der Waals surface area contributed by atoms with Crippen LogP contribution in [0.4, 0.5) is 0 Å². The van der Waals surface area contributed by atoms with Gasteiger partial charge in [0, 0.05) is 6.20 Å². The largest absolute Gasteiger partial charge is 0.391 e. The van der Waals surface area contributed by atoms with E-state index in [-0.39, 0.29) is 17.6 Å². The van der Waals surface area contributed by atoms with E-state index in [0.29, 0.717) is 6.42 Å². The van der Waals surface area contributed by atoms with E-state index >= 15 is 0 Å². The number of aliphatic hydroxyl groups is 1. The van der Waals surface area contributed by atoms with Crippen LogP contribution < -0.4 is 11.0 Å². The summed E-state index contributed by atoms with van der Waals surface area (Å²) in [5, 5.41) is 12.6. The zero-order valence-electron chi connectivity index (χ0n) is 9.53. The first-order chi connectivity index (χ1) is 8.16. The Bertz CT molecular complexity index is 437. The number of carbonyl (C=O) groups is 1. The van der Waals surface area contributed by atoms with Crippen molar-refractivity contribution in [1.82, 2.24) is 15.3 Å². The summed E-state index contributed by atoms with van der Waals surface area (Å²) in [6.45, 7) is 0. The molecule has 17 heavy (non-hydrogen) atoms. The van der Waals surface area contributed by atoms with Crippen molar-refractivity contribution < 1.29 is 9.90 Å². The molecule has 1 fully saturated rings. The highest BCUT2D eigenvalue weighted by molar-refractivity contribution is 5.92. The first kappa shape index (κ1) is 11.9. The second-order valence-electron chi connectivity index (χ2n) is 4.44. The molecule has 1 aliphatic carbocycles. The minimum atomic E-state index is -0.493. The van der Waals surface area contributed by atoms with Crippen molar-refractivity contribution in [3.63, 3.8) is 0 Å². The number of amides is 1. The van der Waals surface area contributed by atoms with Crippen molar-refractivity contribution in [1.29, 1.82) is 0 Å². The van der Waals surface area contributed by atoms with Gasteiger partial charge in [-0.1, -0.05) is 19.3 Å². The highest BCUT2D eigenvalue weighted by atomic mass is 16.3. The van der Waals surface area contributed by atoms with E-state index in [2.05, 4.69) is 15.3 Å². The second-order valence-corrected chi connectivity index (χ2v) is 4.44. The molecule has 1 heterocycles. The van der Waals surface area contributed by atoms with Gasteiger partial charge in [0.05, 0.1) is 12.1 Å². The van der Waals surface area contributed by atoms with Crippen LogP contribution in [0, 0.1) is 0 Å². The fourth-order valence-corrected chi connectivity index (χ4v) is 2.16. The van der Waals surface area contributed by atoms with Gasteiger partial charge in [0.2, 0.25) is 0 Å². The Labute approximate surface area is 98.4 Å². The lowest BCUT2D eigenvalue weighted by Crippen LogP contribution is -2.42. The van der Waals surface area contributed by atoms with Crippen LogP contribution in [-0.4, -0.2) is 33.1 Å². The summed E-state index contributed by atoms with van der Waals surface area (Å²) in [4.78, 5) is 27.4. The first-order valence-corrected chi connectivity index (χ1v) is 5.93. The maximum atomic E-state index is 11.8. The maximum absolute atomic E-state index is 11.8. The number of rotatable bonds is 2. The van der Waals surface area contributed by atoms with Crippen molar-refractivity contribution in [2.45, 2.75) is 44.2 Å². The van der Waals surface area contributed by atoms with E-state index in [9.17, 15) is 14.7 Å². The summed E-state index contributed by atoms with van der Waals surface area (Å²) >= 11 is 0. The molecule has 2 unspecified atom stereocenters. The average Bonchev–Trinajstić information content (AvgIpc) is 2.63. The van der Waals surface area contributed by atoms with Crippen molar-refractivity contribution in [2.75, 3.05) is 0 Å². The molecule has 0 spiro atoms. The predicted molar refractivity (Wildman–Crippen MR) is 61.8 cm³/mol. The molecule has 6 heteroatoms. The summed E-state index contributed by atoms with van der Waals surface area (Å²) in [6.07, 6.45) is 5.42. The molecule has 0 aliphatic heterocycles. The standard InChI is InChI=1S/C11H17N3O3/c15-9-5-3-1-2-4-7(9)13-10(16)8-6-12-11(17)14-8/h6-7,9,15H,1-5H2,(H,13,16)(H2,12,14,17). The summed E-state index contributed by atoms with van der Waals surface area (Å²) in [6, 6.07) is -0.219. The van der Waals surface area contributed by atoms with Crippen molar-refractivity contribution in [3.05, 3.63) is 22.4 Å². The maximum Gasteiger partial charge on any atom is 0.323 e. The Balaban J connectivity index is 1.99. The molecule has 1 aromatic heterocycles. The van der Waals surface area contributed by atoms with Crippen LogP contribution in [0.5, 0.6) is 0 Å². The lowest BCUT2D eigenvalue weighted by atomic mass is 10.1. The van der Waals surface area contributed by atoms with Gasteiger partial charge < -0.3 is 20.4 Å². The van der Waals surface area contributed by atoms with Crippen LogP contribution in [0.25, 0.3) is 0 Å². The van der Waals surface area contributed by atoms with Gasteiger partial charge in [-0.05, 0) is 12.8 Å². The van der Waals surface area contributed by atoms with E-state index in [1.54, 1.807) is 0 Å². The number of imidazole rings is 1. The number of nitrogens with one attached hydrogen (secondary N) is 3. The summed E-state index contributed by atoms with van der Waals surface area (Å²) < 4.78 is 0. The predicted octanol–water partition coefficient (Wildman–Crippen LogP) is 0.126. The van der Waals surface area contributed by atoms with Gasteiger partial charge in [-0.15, -0.1) is 0 Å². The van der Waals surface area contributed by atoms with Crippen molar-refractivity contribution in [3.8, 4) is 0 Å². The van der Waals surface area contributed by atoms with E-state index < -0.39 is 11.8 Å². The molecule has 2 atom stereocenters. The van der Waals surface area contributed by atoms with Crippen molar-refractivity contribution in [2.24, 2.45) is 0 Å². The first-order valence-electron chi connectivity index (χ1n) is 5.93. The highest BCUT2D eigenvalue weighted by Crippen LogP contribution is 2.18. The van der Waals surface area contributed by atoms with Gasteiger partial charge in [0.1, 0.15) is 5.69 Å². The molecule has 1 aromatic rings. The normalized spacial score (nSPS) is 25.2. The second kappa shape index (κ2) is 5.18. The molecule has 1 saturated carbocycles. The van der Waals surface area contributed by atoms with Crippen LogP contribution in [0.2, 0.25) is 0 Å². The van der Waals surface area contributed by atoms with Crippen LogP contribution in [0.1, 0.15) is 42.6 Å². The number of carbonyl (C=O) groups excluding carboxylic acids is 1. The summed E-state index contributed by atoms with van der Waals surface area (Å²) in [5.74, 6) is -0.353. The summed E-state index contributed by atoms with van der Waals surface area (Å²) in [5.41, 5.74) is -0.206. The molecule has 0 radical (unpaired) electrons. The average molecular weight is 239 g/mol. The number of aliphatic hydroxyl groups excluding tert-OH is 1. The minimum Gasteiger partial charge on any atom is -0.391 e. The molecule has 0 saturated heterocycles. The monoisotopic (exact) mass is 239 g/mol. The quantitative estimate of drug-likeness (QED) is 0.552. The smallest absolute Gasteiger partial charge is 0.323 e. The fraction of sp³-hybridized carbons (Fsp3) is 0.636. The van der Waals surface area contributed by atoms with Gasteiger partial charge >= 0.3 is 5.69 Å². The molecule has 0 aromatic carbocycles. The Morgan fingerprint density at radius 1 is 1.35 bits per heavy atom. The van der Waals surface area contributed by atoms with Gasteiger partial charge in [0.25, 0.3) is 5.91 Å². The third-order valence-corrected chi connectivity index (χ3v) is 3.14. The van der Waals surface area contributed by atoms with E-state index in [0.717, 1.165) is 25.7 Å². The zero-order valence-corrected chi connectivity index (χ0v) is 9.53. The number of aromatic amines is 2. The molecule has 2 rings (SSSR count). The van der Waals surface area contributed by atoms with Gasteiger partial charge in [-0.3, -0.25) is 4.79 Å². The third-order valence-electron chi connectivity index (χ3n) is 3.14. The number of hydrogen-bond acceptors (Lipinski definition) is 3. The summed E-state index contributed by atoms with van der Waals surface area (Å²) in [7, 11) is 0. The Kier molecular flexibility index (Phi) is 3.63. The molecule has 6 nitrogen and oxygen atoms in total. The third kappa shape index (κ3) is 2.97. The fourth-order valence-electron chi connectivity index (χ4n) is 2.16. The SMILES string of the molecule is O=C(NC1CCCCCC1O)c1c[nH]c(=O)[nH]1. The lowest BCUT2D eigenvalue weighted by Gasteiger charge is -2.21. The van der Waals surface area contributed by atoms with E-state index in [1.165, 1.54) is 6.20 Å². The van der Waals surface area contributed by atoms with E-state index in [1.807, 2.05) is 0 Å². The number of aromatic nitrogens is 2. The molecular formula is C11H17N3O3. The topological polar surface area (TPSA) is 98.0 Å². The van der Waals surface area contributed by atoms with Crippen molar-refractivity contribution >= 4 is 5.91 Å². The van der Waals surface area contributed by atoms with Crippen LogP contribution in [0.15, 0.2) is 11.0 Å². The van der Waals surface area contributed by atoms with Crippen LogP contribution in [0.3, 0.4) is 0 Å². The molecule has 0 bridgehead atoms. The van der Waals surface area contributed by atoms with Crippen LogP contribution in [-0.2, 0) is 0 Å². The van der Waals surface area contributed by atoms with Gasteiger partial charge in [-0.2, -0.15) is 0 Å². The Morgan fingerprint density at radius 2 is 2.12 bits per heavy atom. The molecule has 1 amide bonds. The number of H-pyrrole nitrogens is 2. The minimum absolute atomic E-state index is 0.200. The van der Waals surface area contributed by atoms with Gasteiger partial charge in [0.15, 0.2) is 0 Å².